The molecule has 0 unspecified atom stereocenters. The van der Waals surface area contributed by atoms with Crippen LogP contribution in [0.1, 0.15) is 17.3 Å². The number of hydrogen-bond donors (Lipinski definition) is 2. The minimum atomic E-state index is -0.377. The summed E-state index contributed by atoms with van der Waals surface area (Å²) in [5.41, 5.74) is 1.31. The predicted octanol–water partition coefficient (Wildman–Crippen LogP) is 4.33. The Morgan fingerprint density at radius 1 is 1.04 bits per heavy atom. The van der Waals surface area contributed by atoms with Crippen molar-refractivity contribution in [1.29, 1.82) is 0 Å². The number of ether oxygens (including phenoxy) is 2. The number of carbonyl (C=O) groups excluding carboxylic acids is 2. The van der Waals surface area contributed by atoms with Crippen molar-refractivity contribution in [2.24, 2.45) is 0 Å². The molecule has 132 valence electrons. The highest BCUT2D eigenvalue weighted by atomic mass is 79.9. The van der Waals surface area contributed by atoms with Gasteiger partial charge in [0.25, 0.3) is 5.91 Å². The average molecular weight is 428 g/mol. The Bertz CT molecular complexity index is 801. The molecule has 0 aromatic heterocycles. The molecule has 25 heavy (non-hydrogen) atoms. The molecule has 0 radical (unpaired) electrons. The zero-order chi connectivity index (χ0) is 18.6. The topological polar surface area (TPSA) is 76.7 Å². The SMILES string of the molecule is COc1cc(C(=O)Nc2ccc(NC(C)=O)cc2Cl)cc(OC)c1Br. The van der Waals surface area contributed by atoms with Gasteiger partial charge >= 0.3 is 0 Å². The van der Waals surface area contributed by atoms with E-state index in [4.69, 9.17) is 21.1 Å². The van der Waals surface area contributed by atoms with Gasteiger partial charge in [0.05, 0.1) is 24.9 Å². The van der Waals surface area contributed by atoms with Crippen molar-refractivity contribution in [3.63, 3.8) is 0 Å². The maximum Gasteiger partial charge on any atom is 0.255 e. The molecule has 2 rings (SSSR count). The third-order valence-corrected chi connectivity index (χ3v) is 4.34. The van der Waals surface area contributed by atoms with Gasteiger partial charge in [-0.2, -0.15) is 0 Å². The molecule has 8 heteroatoms. The normalized spacial score (nSPS) is 10.1. The Kier molecular flexibility index (Phi) is 6.27. The molecule has 2 amide bonds. The molecule has 2 aromatic rings. The third kappa shape index (κ3) is 4.64. The number of anilines is 2. The lowest BCUT2D eigenvalue weighted by Gasteiger charge is -2.13. The summed E-state index contributed by atoms with van der Waals surface area (Å²) in [6.45, 7) is 1.40. The van der Waals surface area contributed by atoms with Crippen LogP contribution in [0.4, 0.5) is 11.4 Å². The van der Waals surface area contributed by atoms with Crippen LogP contribution >= 0.6 is 27.5 Å². The van der Waals surface area contributed by atoms with E-state index in [1.54, 1.807) is 30.3 Å². The Balaban J connectivity index is 2.26. The molecule has 6 nitrogen and oxygen atoms in total. The van der Waals surface area contributed by atoms with Crippen LogP contribution in [0.25, 0.3) is 0 Å². The highest BCUT2D eigenvalue weighted by Gasteiger charge is 2.16. The summed E-state index contributed by atoms with van der Waals surface area (Å²) >= 11 is 9.52. The minimum absolute atomic E-state index is 0.207. The van der Waals surface area contributed by atoms with Crippen molar-refractivity contribution in [2.45, 2.75) is 6.92 Å². The quantitative estimate of drug-likeness (QED) is 0.744. The number of methoxy groups -OCH3 is 2. The van der Waals surface area contributed by atoms with Gasteiger partial charge in [0.15, 0.2) is 0 Å². The summed E-state index contributed by atoms with van der Waals surface area (Å²) in [6, 6.07) is 7.98. The first-order valence-corrected chi connectivity index (χ1v) is 8.32. The Hall–Kier alpha value is -2.25. The van der Waals surface area contributed by atoms with Crippen LogP contribution in [0.3, 0.4) is 0 Å². The second-order valence-corrected chi connectivity index (χ2v) is 6.22. The molecular formula is C17H16BrClN2O4. The molecule has 0 saturated heterocycles. The molecule has 0 atom stereocenters. The van der Waals surface area contributed by atoms with Crippen molar-refractivity contribution >= 4 is 50.7 Å². The van der Waals surface area contributed by atoms with Crippen molar-refractivity contribution in [3.05, 3.63) is 45.4 Å². The maximum atomic E-state index is 12.5. The Morgan fingerprint density at radius 3 is 2.12 bits per heavy atom. The van der Waals surface area contributed by atoms with Crippen molar-refractivity contribution in [3.8, 4) is 11.5 Å². The number of carbonyl (C=O) groups is 2. The van der Waals surface area contributed by atoms with E-state index in [2.05, 4.69) is 26.6 Å². The van der Waals surface area contributed by atoms with Crippen LogP contribution in [0, 0.1) is 0 Å². The van der Waals surface area contributed by atoms with Gasteiger partial charge in [0.2, 0.25) is 5.91 Å². The fraction of sp³-hybridized carbons (Fsp3) is 0.176. The number of hydrogen-bond acceptors (Lipinski definition) is 4. The van der Waals surface area contributed by atoms with Gasteiger partial charge in [-0.05, 0) is 46.3 Å². The van der Waals surface area contributed by atoms with E-state index in [0.717, 1.165) is 0 Å². The van der Waals surface area contributed by atoms with Gasteiger partial charge in [0.1, 0.15) is 16.0 Å². The number of amides is 2. The zero-order valence-corrected chi connectivity index (χ0v) is 16.1. The molecule has 0 saturated carbocycles. The summed E-state index contributed by atoms with van der Waals surface area (Å²) in [4.78, 5) is 23.6. The van der Waals surface area contributed by atoms with Crippen LogP contribution in [0.2, 0.25) is 5.02 Å². The Labute approximate surface area is 158 Å². The van der Waals surface area contributed by atoms with Crippen LogP contribution in [0.5, 0.6) is 11.5 Å². The first kappa shape index (κ1) is 19.1. The monoisotopic (exact) mass is 426 g/mol. The fourth-order valence-corrected chi connectivity index (χ4v) is 2.87. The number of benzene rings is 2. The van der Waals surface area contributed by atoms with Crippen molar-refractivity contribution in [1.82, 2.24) is 0 Å². The van der Waals surface area contributed by atoms with E-state index < -0.39 is 0 Å². The minimum Gasteiger partial charge on any atom is -0.495 e. The summed E-state index contributed by atoms with van der Waals surface area (Å²) in [5.74, 6) is 0.355. The smallest absolute Gasteiger partial charge is 0.255 e. The van der Waals surface area contributed by atoms with Gasteiger partial charge < -0.3 is 20.1 Å². The highest BCUT2D eigenvalue weighted by Crippen LogP contribution is 2.36. The maximum absolute atomic E-state index is 12.5. The fourth-order valence-electron chi connectivity index (χ4n) is 2.09. The van der Waals surface area contributed by atoms with Crippen molar-refractivity contribution in [2.75, 3.05) is 24.9 Å². The summed E-state index contributed by atoms with van der Waals surface area (Å²) in [6.07, 6.45) is 0. The molecule has 0 spiro atoms. The molecule has 0 aliphatic heterocycles. The summed E-state index contributed by atoms with van der Waals surface area (Å²) in [7, 11) is 3.00. The van der Waals surface area contributed by atoms with E-state index in [1.165, 1.54) is 21.1 Å². The lowest BCUT2D eigenvalue weighted by Crippen LogP contribution is -2.13. The van der Waals surface area contributed by atoms with Gasteiger partial charge in [0, 0.05) is 18.2 Å². The van der Waals surface area contributed by atoms with Crippen LogP contribution in [0.15, 0.2) is 34.8 Å². The van der Waals surface area contributed by atoms with Gasteiger partial charge in [-0.3, -0.25) is 9.59 Å². The molecule has 2 aromatic carbocycles. The largest absolute Gasteiger partial charge is 0.495 e. The molecule has 0 aliphatic carbocycles. The van der Waals surface area contributed by atoms with E-state index >= 15 is 0 Å². The number of halogens is 2. The lowest BCUT2D eigenvalue weighted by atomic mass is 10.1. The van der Waals surface area contributed by atoms with Crippen molar-refractivity contribution < 1.29 is 19.1 Å². The molecule has 0 fully saturated rings. The molecule has 0 aliphatic rings. The molecule has 0 heterocycles. The van der Waals surface area contributed by atoms with E-state index in [-0.39, 0.29) is 11.8 Å². The standard InChI is InChI=1S/C17H16BrClN2O4/c1-9(22)20-11-4-5-13(12(19)8-11)21-17(23)10-6-14(24-2)16(18)15(7-10)25-3/h4-8H,1-3H3,(H,20,22)(H,21,23). The van der Waals surface area contributed by atoms with Crippen LogP contribution in [-0.4, -0.2) is 26.0 Å². The lowest BCUT2D eigenvalue weighted by molar-refractivity contribution is -0.114. The summed E-state index contributed by atoms with van der Waals surface area (Å²) in [5, 5.41) is 5.64. The van der Waals surface area contributed by atoms with Gasteiger partial charge in [-0.1, -0.05) is 11.6 Å². The molecule has 0 bridgehead atoms. The second kappa shape index (κ2) is 8.22. The highest BCUT2D eigenvalue weighted by molar-refractivity contribution is 9.10. The van der Waals surface area contributed by atoms with E-state index in [9.17, 15) is 9.59 Å². The third-order valence-electron chi connectivity index (χ3n) is 3.25. The second-order valence-electron chi connectivity index (χ2n) is 5.02. The zero-order valence-electron chi connectivity index (χ0n) is 13.8. The first-order valence-electron chi connectivity index (χ1n) is 7.15. The van der Waals surface area contributed by atoms with Gasteiger partial charge in [-0.15, -0.1) is 0 Å². The summed E-state index contributed by atoms with van der Waals surface area (Å²) < 4.78 is 11.1. The average Bonchev–Trinajstić information content (AvgIpc) is 2.56. The number of nitrogens with one attached hydrogen (secondary N) is 2. The van der Waals surface area contributed by atoms with Gasteiger partial charge in [-0.25, -0.2) is 0 Å². The molecule has 2 N–H and O–H groups in total. The first-order chi connectivity index (χ1) is 11.8. The Morgan fingerprint density at radius 2 is 1.64 bits per heavy atom. The van der Waals surface area contributed by atoms with Crippen LogP contribution in [-0.2, 0) is 4.79 Å². The molecular weight excluding hydrogens is 412 g/mol. The van der Waals surface area contributed by atoms with Crippen LogP contribution < -0.4 is 20.1 Å². The van der Waals surface area contributed by atoms with E-state index in [1.807, 2.05) is 0 Å². The predicted molar refractivity (Wildman–Crippen MR) is 101 cm³/mol. The number of rotatable bonds is 5. The van der Waals surface area contributed by atoms with E-state index in [0.29, 0.717) is 37.9 Å².